The Morgan fingerprint density at radius 1 is 1.25 bits per heavy atom. The van der Waals surface area contributed by atoms with Gasteiger partial charge in [0.2, 0.25) is 11.7 Å². The van der Waals surface area contributed by atoms with Crippen molar-refractivity contribution in [2.45, 2.75) is 38.3 Å². The number of aryl methyl sites for hydroxylation is 1. The molecule has 28 heavy (non-hydrogen) atoms. The summed E-state index contributed by atoms with van der Waals surface area (Å²) in [4.78, 5) is 18.4. The van der Waals surface area contributed by atoms with Crippen molar-refractivity contribution in [1.82, 2.24) is 10.1 Å². The first kappa shape index (κ1) is 18.7. The van der Waals surface area contributed by atoms with E-state index in [1.807, 2.05) is 6.92 Å². The van der Waals surface area contributed by atoms with E-state index in [9.17, 15) is 18.0 Å². The number of nitrogens with one attached hydrogen (secondary N) is 1. The normalized spacial score (nSPS) is 14.7. The third-order valence-corrected chi connectivity index (χ3v) is 5.80. The lowest BCUT2D eigenvalue weighted by atomic mass is 9.85. The minimum absolute atomic E-state index is 0.145. The number of alkyl halides is 3. The maximum atomic E-state index is 12.6. The van der Waals surface area contributed by atoms with Crippen molar-refractivity contribution in [2.75, 3.05) is 5.32 Å². The molecular formula is C19H16F3N3O2S. The van der Waals surface area contributed by atoms with E-state index in [0.29, 0.717) is 23.3 Å². The van der Waals surface area contributed by atoms with Crippen LogP contribution in [0, 0.1) is 6.92 Å². The van der Waals surface area contributed by atoms with Crippen LogP contribution in [0.5, 0.6) is 0 Å². The van der Waals surface area contributed by atoms with Gasteiger partial charge in [-0.15, -0.1) is 11.3 Å². The zero-order valence-electron chi connectivity index (χ0n) is 14.8. The highest BCUT2D eigenvalue weighted by Crippen LogP contribution is 2.38. The second-order valence-electron chi connectivity index (χ2n) is 6.69. The summed E-state index contributed by atoms with van der Waals surface area (Å²) in [5.41, 5.74) is -0.0794. The van der Waals surface area contributed by atoms with Gasteiger partial charge >= 0.3 is 6.18 Å². The molecule has 2 heterocycles. The summed E-state index contributed by atoms with van der Waals surface area (Å²) < 4.78 is 43.3. The van der Waals surface area contributed by atoms with Gasteiger partial charge in [0.15, 0.2) is 0 Å². The molecule has 1 fully saturated rings. The van der Waals surface area contributed by atoms with Gasteiger partial charge in [-0.2, -0.15) is 18.2 Å². The van der Waals surface area contributed by atoms with Crippen LogP contribution in [0.2, 0.25) is 0 Å². The average Bonchev–Trinajstić information content (AvgIpc) is 3.20. The number of benzene rings is 1. The van der Waals surface area contributed by atoms with Gasteiger partial charge in [-0.25, -0.2) is 0 Å². The minimum atomic E-state index is -4.43. The molecule has 1 saturated carbocycles. The van der Waals surface area contributed by atoms with Gasteiger partial charge < -0.3 is 9.84 Å². The van der Waals surface area contributed by atoms with Crippen molar-refractivity contribution < 1.29 is 22.5 Å². The van der Waals surface area contributed by atoms with E-state index in [2.05, 4.69) is 15.5 Å². The highest BCUT2D eigenvalue weighted by atomic mass is 32.1. The molecule has 5 nitrogen and oxygen atoms in total. The van der Waals surface area contributed by atoms with E-state index < -0.39 is 17.6 Å². The molecule has 2 aromatic heterocycles. The van der Waals surface area contributed by atoms with Crippen molar-refractivity contribution >= 4 is 22.9 Å². The Labute approximate surface area is 162 Å². The summed E-state index contributed by atoms with van der Waals surface area (Å²) in [5.74, 6) is 0.971. The van der Waals surface area contributed by atoms with Crippen LogP contribution in [0.15, 0.2) is 34.9 Å². The molecule has 0 spiro atoms. The molecule has 1 aliphatic carbocycles. The van der Waals surface area contributed by atoms with Crippen LogP contribution in [0.3, 0.4) is 0 Å². The number of thiophene rings is 1. The molecule has 3 aromatic rings. The van der Waals surface area contributed by atoms with Gasteiger partial charge in [-0.05, 0) is 50.1 Å². The highest BCUT2D eigenvalue weighted by molar-refractivity contribution is 7.16. The molecule has 0 saturated heterocycles. The van der Waals surface area contributed by atoms with Crippen molar-refractivity contribution in [3.63, 3.8) is 0 Å². The maximum Gasteiger partial charge on any atom is 0.416 e. The standard InChI is InChI=1S/C19H16F3N3O2S/c1-10-14(23-17(26)11-5-7-13(8-6-11)19(20,21)22)9-15(28-10)16-24-18(27-25-16)12-3-2-4-12/h5-9,12H,2-4H2,1H3,(H,23,26). The number of rotatable bonds is 4. The summed E-state index contributed by atoms with van der Waals surface area (Å²) in [6, 6.07) is 5.84. The first-order valence-corrected chi connectivity index (χ1v) is 9.56. The summed E-state index contributed by atoms with van der Waals surface area (Å²) in [5, 5.41) is 6.75. The lowest BCUT2D eigenvalue weighted by Crippen LogP contribution is -2.13. The average molecular weight is 407 g/mol. The Hall–Kier alpha value is -2.68. The fourth-order valence-corrected chi connectivity index (χ4v) is 3.78. The Morgan fingerprint density at radius 3 is 2.57 bits per heavy atom. The molecule has 0 bridgehead atoms. The quantitative estimate of drug-likeness (QED) is 0.607. The molecule has 1 aromatic carbocycles. The topological polar surface area (TPSA) is 68.0 Å². The molecule has 146 valence electrons. The predicted octanol–water partition coefficient (Wildman–Crippen LogP) is 5.65. The summed E-state index contributed by atoms with van der Waals surface area (Å²) in [7, 11) is 0. The van der Waals surface area contributed by atoms with Gasteiger partial charge in [0.25, 0.3) is 5.91 Å². The summed E-state index contributed by atoms with van der Waals surface area (Å²) in [6.07, 6.45) is -1.16. The summed E-state index contributed by atoms with van der Waals surface area (Å²) >= 11 is 1.41. The second kappa shape index (κ2) is 7.05. The van der Waals surface area contributed by atoms with Crippen LogP contribution in [0.25, 0.3) is 10.7 Å². The third-order valence-electron chi connectivity index (χ3n) is 4.76. The van der Waals surface area contributed by atoms with Crippen molar-refractivity contribution in [2.24, 2.45) is 0 Å². The number of hydrogen-bond acceptors (Lipinski definition) is 5. The zero-order valence-corrected chi connectivity index (χ0v) is 15.7. The van der Waals surface area contributed by atoms with E-state index in [-0.39, 0.29) is 5.56 Å². The van der Waals surface area contributed by atoms with Crippen molar-refractivity contribution in [3.8, 4) is 10.7 Å². The van der Waals surface area contributed by atoms with Crippen LogP contribution >= 0.6 is 11.3 Å². The molecule has 0 atom stereocenters. The molecule has 9 heteroatoms. The Morgan fingerprint density at radius 2 is 1.96 bits per heavy atom. The first-order valence-electron chi connectivity index (χ1n) is 8.74. The SMILES string of the molecule is Cc1sc(-c2noc(C3CCC3)n2)cc1NC(=O)c1ccc(C(F)(F)F)cc1. The van der Waals surface area contributed by atoms with Gasteiger partial charge in [0.05, 0.1) is 16.1 Å². The number of carbonyl (C=O) groups excluding carboxylic acids is 1. The van der Waals surface area contributed by atoms with Crippen LogP contribution in [0.4, 0.5) is 18.9 Å². The van der Waals surface area contributed by atoms with Gasteiger partial charge in [0.1, 0.15) is 0 Å². The zero-order chi connectivity index (χ0) is 19.9. The Kier molecular flexibility index (Phi) is 4.70. The number of carbonyl (C=O) groups is 1. The number of halogens is 3. The smallest absolute Gasteiger partial charge is 0.339 e. The van der Waals surface area contributed by atoms with Crippen LogP contribution in [0.1, 0.15) is 51.9 Å². The maximum absolute atomic E-state index is 12.6. The second-order valence-corrected chi connectivity index (χ2v) is 7.95. The van der Waals surface area contributed by atoms with E-state index in [1.165, 1.54) is 17.8 Å². The molecular weight excluding hydrogens is 391 g/mol. The number of aromatic nitrogens is 2. The number of nitrogens with zero attached hydrogens (tertiary/aromatic N) is 2. The highest BCUT2D eigenvalue weighted by Gasteiger charge is 2.30. The Balaban J connectivity index is 1.49. The number of hydrogen-bond donors (Lipinski definition) is 1. The van der Waals surface area contributed by atoms with Crippen molar-refractivity contribution in [3.05, 3.63) is 52.2 Å². The van der Waals surface area contributed by atoms with Crippen LogP contribution < -0.4 is 5.32 Å². The first-order chi connectivity index (χ1) is 13.3. The number of amides is 1. The minimum Gasteiger partial charge on any atom is -0.339 e. The largest absolute Gasteiger partial charge is 0.416 e. The monoisotopic (exact) mass is 407 g/mol. The molecule has 1 aliphatic rings. The fourth-order valence-electron chi connectivity index (χ4n) is 2.88. The van der Waals surface area contributed by atoms with Gasteiger partial charge in [-0.3, -0.25) is 4.79 Å². The van der Waals surface area contributed by atoms with Crippen LogP contribution in [-0.4, -0.2) is 16.0 Å². The third kappa shape index (κ3) is 3.66. The summed E-state index contributed by atoms with van der Waals surface area (Å²) in [6.45, 7) is 1.84. The predicted molar refractivity (Wildman–Crippen MR) is 98.3 cm³/mol. The van der Waals surface area contributed by atoms with E-state index in [0.717, 1.165) is 46.9 Å². The van der Waals surface area contributed by atoms with Gasteiger partial charge in [-0.1, -0.05) is 11.6 Å². The molecule has 0 aliphatic heterocycles. The van der Waals surface area contributed by atoms with E-state index in [1.54, 1.807) is 6.07 Å². The van der Waals surface area contributed by atoms with Gasteiger partial charge in [0, 0.05) is 16.4 Å². The molecule has 4 rings (SSSR count). The van der Waals surface area contributed by atoms with E-state index in [4.69, 9.17) is 4.52 Å². The lowest BCUT2D eigenvalue weighted by Gasteiger charge is -2.20. The molecule has 1 N–H and O–H groups in total. The lowest BCUT2D eigenvalue weighted by molar-refractivity contribution is -0.137. The van der Waals surface area contributed by atoms with Crippen molar-refractivity contribution in [1.29, 1.82) is 0 Å². The van der Waals surface area contributed by atoms with E-state index >= 15 is 0 Å². The molecule has 1 amide bonds. The fraction of sp³-hybridized carbons (Fsp3) is 0.316. The Bertz CT molecular complexity index is 1000. The molecule has 0 radical (unpaired) electrons. The molecule has 0 unspecified atom stereocenters. The van der Waals surface area contributed by atoms with Crippen LogP contribution in [-0.2, 0) is 6.18 Å². The number of anilines is 1.